The number of hydrogen-bond acceptors (Lipinski definition) is 7. The second kappa shape index (κ2) is 34.8. The van der Waals surface area contributed by atoms with Crippen LogP contribution in [0.1, 0.15) is 136 Å². The number of carboxylic acids is 1. The summed E-state index contributed by atoms with van der Waals surface area (Å²) in [6.45, 7) is 4.39. The standard InChI is InChI=1S/C44H73NO7/c1-6-8-10-12-14-16-18-19-20-21-22-23-25-27-29-31-33-35-43(47)52-40(38-50-37-36-41(44(48)49)45(3,4)5)39-51-42(46)34-32-30-28-26-24-17-15-13-11-9-7-2/h9,11,15,17,19-20,22-23,26-29,40-41H,6-8,10,12-14,16,18,21,24-25,30-39H2,1-5H3/b11-9+,17-15+,20-19+,23-22+,28-26+,29-27+. The zero-order valence-electron chi connectivity index (χ0n) is 33.4. The van der Waals surface area contributed by atoms with E-state index < -0.39 is 18.1 Å². The average molecular weight is 728 g/mol. The minimum absolute atomic E-state index is 0.000888. The highest BCUT2D eigenvalue weighted by atomic mass is 16.6. The normalized spacial score (nSPS) is 13.8. The van der Waals surface area contributed by atoms with E-state index in [0.717, 1.165) is 51.4 Å². The molecule has 0 N–H and O–H groups in total. The van der Waals surface area contributed by atoms with Gasteiger partial charge in [-0.1, -0.05) is 119 Å². The van der Waals surface area contributed by atoms with Crippen LogP contribution in [0.4, 0.5) is 0 Å². The lowest BCUT2D eigenvalue weighted by Crippen LogP contribution is -2.55. The summed E-state index contributed by atoms with van der Waals surface area (Å²) in [5, 5.41) is 11.6. The van der Waals surface area contributed by atoms with Crippen LogP contribution in [-0.2, 0) is 28.6 Å². The van der Waals surface area contributed by atoms with Crippen LogP contribution in [0, 0.1) is 0 Å². The van der Waals surface area contributed by atoms with Gasteiger partial charge in [0.15, 0.2) is 6.10 Å². The van der Waals surface area contributed by atoms with Crippen molar-refractivity contribution in [2.45, 2.75) is 148 Å². The molecule has 0 aliphatic heterocycles. The van der Waals surface area contributed by atoms with E-state index in [1.165, 1.54) is 38.5 Å². The molecule has 2 atom stereocenters. The van der Waals surface area contributed by atoms with Gasteiger partial charge in [0.1, 0.15) is 12.6 Å². The number of allylic oxidation sites excluding steroid dienone is 12. The van der Waals surface area contributed by atoms with Gasteiger partial charge >= 0.3 is 11.9 Å². The first kappa shape index (κ1) is 48.8. The maximum atomic E-state index is 12.6. The predicted molar refractivity (Wildman–Crippen MR) is 212 cm³/mol. The number of carbonyl (C=O) groups excluding carboxylic acids is 3. The Morgan fingerprint density at radius 3 is 1.60 bits per heavy atom. The Labute approximate surface area is 317 Å². The van der Waals surface area contributed by atoms with Crippen molar-refractivity contribution < 1.29 is 38.2 Å². The van der Waals surface area contributed by atoms with E-state index in [2.05, 4.69) is 86.8 Å². The van der Waals surface area contributed by atoms with Gasteiger partial charge in [0.25, 0.3) is 0 Å². The molecule has 8 nitrogen and oxygen atoms in total. The number of aliphatic carboxylic acids is 1. The molecule has 0 aliphatic rings. The monoisotopic (exact) mass is 728 g/mol. The van der Waals surface area contributed by atoms with Crippen molar-refractivity contribution >= 4 is 17.9 Å². The van der Waals surface area contributed by atoms with Crippen molar-refractivity contribution in [2.75, 3.05) is 41.0 Å². The summed E-state index contributed by atoms with van der Waals surface area (Å²) < 4.78 is 17.0. The summed E-state index contributed by atoms with van der Waals surface area (Å²) in [4.78, 5) is 36.6. The van der Waals surface area contributed by atoms with Crippen LogP contribution in [0.5, 0.6) is 0 Å². The molecule has 0 spiro atoms. The number of rotatable bonds is 34. The average Bonchev–Trinajstić information content (AvgIpc) is 3.09. The highest BCUT2D eigenvalue weighted by molar-refractivity contribution is 5.70. The Hall–Kier alpha value is -3.23. The third-order valence-electron chi connectivity index (χ3n) is 8.33. The van der Waals surface area contributed by atoms with E-state index in [0.29, 0.717) is 12.8 Å². The second-order valence-electron chi connectivity index (χ2n) is 14.1. The summed E-state index contributed by atoms with van der Waals surface area (Å²) in [5.41, 5.74) is 0. The van der Waals surface area contributed by atoms with Gasteiger partial charge in [-0.05, 0) is 70.6 Å². The number of carboxylic acid groups (broad SMARTS) is 1. The molecule has 0 radical (unpaired) electrons. The van der Waals surface area contributed by atoms with Gasteiger partial charge in [0.2, 0.25) is 0 Å². The third-order valence-corrected chi connectivity index (χ3v) is 8.33. The third kappa shape index (κ3) is 32.7. The molecule has 0 aromatic rings. The lowest BCUT2D eigenvalue weighted by atomic mass is 10.1. The highest BCUT2D eigenvalue weighted by Crippen LogP contribution is 2.10. The van der Waals surface area contributed by atoms with E-state index in [4.69, 9.17) is 14.2 Å². The van der Waals surface area contributed by atoms with Crippen molar-refractivity contribution in [3.8, 4) is 0 Å². The summed E-state index contributed by atoms with van der Waals surface area (Å²) in [7, 11) is 5.36. The number of ether oxygens (including phenoxy) is 3. The van der Waals surface area contributed by atoms with E-state index >= 15 is 0 Å². The molecule has 8 heteroatoms. The van der Waals surface area contributed by atoms with Gasteiger partial charge < -0.3 is 28.6 Å². The van der Waals surface area contributed by atoms with E-state index in [1.807, 2.05) is 0 Å². The zero-order chi connectivity index (χ0) is 38.5. The number of unbranched alkanes of at least 4 members (excludes halogenated alkanes) is 8. The maximum Gasteiger partial charge on any atom is 0.306 e. The molecule has 0 bridgehead atoms. The first-order chi connectivity index (χ1) is 25.1. The van der Waals surface area contributed by atoms with Gasteiger partial charge in [0.05, 0.1) is 40.3 Å². The highest BCUT2D eigenvalue weighted by Gasteiger charge is 2.25. The largest absolute Gasteiger partial charge is 0.544 e. The molecule has 0 aliphatic carbocycles. The lowest BCUT2D eigenvalue weighted by molar-refractivity contribution is -0.889. The molecule has 0 amide bonds. The SMILES string of the molecule is CC/C=C/C/C=C/C/C=C/CCCC(=O)OCC(COCCC(C(=O)[O-])[N+](C)(C)C)OC(=O)CCC/C=C/C/C=C/C/C=C/CCCCCCCC. The Morgan fingerprint density at radius 1 is 0.596 bits per heavy atom. The number of likely N-dealkylation sites (N-methyl/N-ethyl adjacent to an activating group) is 1. The zero-order valence-corrected chi connectivity index (χ0v) is 33.4. The predicted octanol–water partition coefficient (Wildman–Crippen LogP) is 9.07. The molecule has 2 unspecified atom stereocenters. The van der Waals surface area contributed by atoms with E-state index in [-0.39, 0.29) is 55.5 Å². The van der Waals surface area contributed by atoms with Gasteiger partial charge in [-0.2, -0.15) is 0 Å². The number of hydrogen-bond donors (Lipinski definition) is 0. The van der Waals surface area contributed by atoms with Crippen LogP contribution in [0.2, 0.25) is 0 Å². The molecule has 52 heavy (non-hydrogen) atoms. The molecule has 296 valence electrons. The van der Waals surface area contributed by atoms with Crippen LogP contribution >= 0.6 is 0 Å². The molecule has 0 heterocycles. The van der Waals surface area contributed by atoms with E-state index in [1.54, 1.807) is 21.1 Å². The minimum Gasteiger partial charge on any atom is -0.544 e. The minimum atomic E-state index is -1.14. The topological polar surface area (TPSA) is 102 Å². The van der Waals surface area contributed by atoms with Crippen molar-refractivity contribution in [3.05, 3.63) is 72.9 Å². The number of carbonyl (C=O) groups is 3. The fourth-order valence-corrected chi connectivity index (χ4v) is 5.23. The van der Waals surface area contributed by atoms with Gasteiger partial charge in [-0.25, -0.2) is 0 Å². The number of esters is 2. The molecule has 0 saturated heterocycles. The summed E-state index contributed by atoms with van der Waals surface area (Å²) in [5.74, 6) is -1.89. The van der Waals surface area contributed by atoms with E-state index in [9.17, 15) is 19.5 Å². The molecular formula is C44H73NO7. The molecule has 0 aromatic carbocycles. The fourth-order valence-electron chi connectivity index (χ4n) is 5.23. The number of quaternary nitrogens is 1. The van der Waals surface area contributed by atoms with Crippen molar-refractivity contribution in [1.82, 2.24) is 0 Å². The van der Waals surface area contributed by atoms with Gasteiger partial charge in [-0.3, -0.25) is 9.59 Å². The summed E-state index contributed by atoms with van der Waals surface area (Å²) in [6.07, 6.45) is 42.4. The summed E-state index contributed by atoms with van der Waals surface area (Å²) in [6, 6.07) is -0.744. The van der Waals surface area contributed by atoms with Crippen molar-refractivity contribution in [1.29, 1.82) is 0 Å². The fraction of sp³-hybridized carbons (Fsp3) is 0.659. The smallest absolute Gasteiger partial charge is 0.306 e. The van der Waals surface area contributed by atoms with Crippen molar-refractivity contribution in [3.63, 3.8) is 0 Å². The van der Waals surface area contributed by atoms with Crippen LogP contribution in [-0.4, -0.2) is 75.5 Å². The first-order valence-electron chi connectivity index (χ1n) is 20.0. The molecule has 0 rings (SSSR count). The van der Waals surface area contributed by atoms with Crippen LogP contribution in [0.15, 0.2) is 72.9 Å². The number of nitrogens with zero attached hydrogens (tertiary/aromatic N) is 1. The van der Waals surface area contributed by atoms with Crippen molar-refractivity contribution in [2.24, 2.45) is 0 Å². The molecular weight excluding hydrogens is 654 g/mol. The molecule has 0 aromatic heterocycles. The maximum absolute atomic E-state index is 12.6. The second-order valence-corrected chi connectivity index (χ2v) is 14.1. The Bertz CT molecular complexity index is 1080. The molecule has 0 fully saturated rings. The Morgan fingerprint density at radius 2 is 1.08 bits per heavy atom. The Balaban J connectivity index is 4.56. The summed E-state index contributed by atoms with van der Waals surface area (Å²) >= 11 is 0. The lowest BCUT2D eigenvalue weighted by Gasteiger charge is -2.34. The Kier molecular flexibility index (Phi) is 32.7. The molecule has 0 saturated carbocycles. The van der Waals surface area contributed by atoms with Gasteiger partial charge in [0, 0.05) is 19.3 Å². The van der Waals surface area contributed by atoms with Crippen LogP contribution in [0.3, 0.4) is 0 Å². The first-order valence-corrected chi connectivity index (χ1v) is 20.0. The van der Waals surface area contributed by atoms with Gasteiger partial charge in [-0.15, -0.1) is 0 Å². The van der Waals surface area contributed by atoms with Crippen LogP contribution < -0.4 is 5.11 Å². The van der Waals surface area contributed by atoms with Crippen LogP contribution in [0.25, 0.3) is 0 Å². The quantitative estimate of drug-likeness (QED) is 0.0282.